The van der Waals surface area contributed by atoms with E-state index in [-0.39, 0.29) is 5.41 Å². The fourth-order valence-electron chi connectivity index (χ4n) is 3.57. The summed E-state index contributed by atoms with van der Waals surface area (Å²) in [5.41, 5.74) is 3.92. The first-order valence-corrected chi connectivity index (χ1v) is 9.67. The van der Waals surface area contributed by atoms with Crippen LogP contribution in [-0.4, -0.2) is 36.9 Å². The SMILES string of the molecule is CC[C@]1(COC)CO[C@@H](c2nc(-c3ccccc3)c(-c3ccccc3)[nH]2)OC1. The Kier molecular flexibility index (Phi) is 5.57. The zero-order chi connectivity index (χ0) is 19.4. The maximum absolute atomic E-state index is 6.07. The monoisotopic (exact) mass is 378 g/mol. The molecule has 1 N–H and O–H groups in total. The lowest BCUT2D eigenvalue weighted by Crippen LogP contribution is -2.41. The average molecular weight is 378 g/mol. The van der Waals surface area contributed by atoms with Crippen LogP contribution in [0.1, 0.15) is 25.5 Å². The normalized spacial score (nSPS) is 22.3. The number of aromatic amines is 1. The first-order valence-electron chi connectivity index (χ1n) is 9.67. The number of ether oxygens (including phenoxy) is 3. The van der Waals surface area contributed by atoms with Crippen molar-refractivity contribution in [3.05, 3.63) is 66.5 Å². The molecule has 0 radical (unpaired) electrons. The van der Waals surface area contributed by atoms with Gasteiger partial charge in [-0.15, -0.1) is 0 Å². The van der Waals surface area contributed by atoms with Crippen molar-refractivity contribution < 1.29 is 14.2 Å². The van der Waals surface area contributed by atoms with Crippen molar-refractivity contribution >= 4 is 0 Å². The lowest BCUT2D eigenvalue weighted by Gasteiger charge is -2.38. The summed E-state index contributed by atoms with van der Waals surface area (Å²) in [5, 5.41) is 0. The first-order chi connectivity index (χ1) is 13.7. The molecule has 0 spiro atoms. The van der Waals surface area contributed by atoms with Crippen molar-refractivity contribution in [3.63, 3.8) is 0 Å². The molecule has 5 nitrogen and oxygen atoms in total. The van der Waals surface area contributed by atoms with Gasteiger partial charge in [0.2, 0.25) is 6.29 Å². The molecule has 1 saturated heterocycles. The van der Waals surface area contributed by atoms with Crippen LogP contribution in [-0.2, 0) is 14.2 Å². The van der Waals surface area contributed by atoms with E-state index in [9.17, 15) is 0 Å². The Morgan fingerprint density at radius 1 is 1.00 bits per heavy atom. The Hall–Kier alpha value is -2.47. The van der Waals surface area contributed by atoms with Gasteiger partial charge in [0.15, 0.2) is 5.82 Å². The third-order valence-electron chi connectivity index (χ3n) is 5.34. The van der Waals surface area contributed by atoms with Gasteiger partial charge in [0, 0.05) is 23.7 Å². The fraction of sp³-hybridized carbons (Fsp3) is 0.348. The summed E-state index contributed by atoms with van der Waals surface area (Å²) in [6.07, 6.45) is 0.437. The van der Waals surface area contributed by atoms with E-state index in [0.717, 1.165) is 28.9 Å². The van der Waals surface area contributed by atoms with Crippen LogP contribution in [0.25, 0.3) is 22.5 Å². The number of aromatic nitrogens is 2. The molecule has 1 aliphatic heterocycles. The third kappa shape index (κ3) is 3.74. The lowest BCUT2D eigenvalue weighted by molar-refractivity contribution is -0.246. The van der Waals surface area contributed by atoms with E-state index < -0.39 is 6.29 Å². The smallest absolute Gasteiger partial charge is 0.217 e. The molecular formula is C23H26N2O3. The molecule has 28 heavy (non-hydrogen) atoms. The van der Waals surface area contributed by atoms with Crippen LogP contribution in [0.3, 0.4) is 0 Å². The molecule has 2 heterocycles. The largest absolute Gasteiger partial charge is 0.384 e. The van der Waals surface area contributed by atoms with Crippen LogP contribution in [0.4, 0.5) is 0 Å². The van der Waals surface area contributed by atoms with Crippen molar-refractivity contribution in [3.8, 4) is 22.5 Å². The van der Waals surface area contributed by atoms with Gasteiger partial charge in [0.25, 0.3) is 0 Å². The zero-order valence-corrected chi connectivity index (χ0v) is 16.4. The minimum absolute atomic E-state index is 0.0949. The Morgan fingerprint density at radius 2 is 1.61 bits per heavy atom. The standard InChI is InChI=1S/C23H26N2O3/c1-3-23(14-26-2)15-27-22(28-16-23)21-24-19(17-10-6-4-7-11-17)20(25-21)18-12-8-5-9-13-18/h4-13,22H,3,14-16H2,1-2H3,(H,24,25)/t22-,23+. The van der Waals surface area contributed by atoms with Gasteiger partial charge in [-0.25, -0.2) is 4.98 Å². The number of hydrogen-bond acceptors (Lipinski definition) is 4. The van der Waals surface area contributed by atoms with Gasteiger partial charge in [-0.2, -0.15) is 0 Å². The molecule has 1 fully saturated rings. The second-order valence-corrected chi connectivity index (χ2v) is 7.32. The highest BCUT2D eigenvalue weighted by molar-refractivity contribution is 5.78. The lowest BCUT2D eigenvalue weighted by atomic mass is 9.87. The summed E-state index contributed by atoms with van der Waals surface area (Å²) in [4.78, 5) is 8.31. The molecule has 0 unspecified atom stereocenters. The van der Waals surface area contributed by atoms with Crippen molar-refractivity contribution in [2.24, 2.45) is 5.41 Å². The van der Waals surface area contributed by atoms with Gasteiger partial charge >= 0.3 is 0 Å². The van der Waals surface area contributed by atoms with E-state index in [2.05, 4.69) is 36.2 Å². The van der Waals surface area contributed by atoms with Crippen LogP contribution in [0.15, 0.2) is 60.7 Å². The Bertz CT molecular complexity index is 828. The third-order valence-corrected chi connectivity index (χ3v) is 5.34. The zero-order valence-electron chi connectivity index (χ0n) is 16.4. The van der Waals surface area contributed by atoms with Crippen LogP contribution < -0.4 is 0 Å². The van der Waals surface area contributed by atoms with Gasteiger partial charge in [-0.3, -0.25) is 0 Å². The summed E-state index contributed by atoms with van der Waals surface area (Å²) in [7, 11) is 1.72. The predicted octanol–water partition coefficient (Wildman–Crippen LogP) is 4.83. The maximum Gasteiger partial charge on any atom is 0.217 e. The van der Waals surface area contributed by atoms with Gasteiger partial charge in [-0.1, -0.05) is 67.6 Å². The highest BCUT2D eigenvalue weighted by Gasteiger charge is 2.37. The molecule has 1 aromatic heterocycles. The molecule has 0 saturated carbocycles. The molecule has 5 heteroatoms. The number of methoxy groups -OCH3 is 1. The number of nitrogens with zero attached hydrogens (tertiary/aromatic N) is 1. The van der Waals surface area contributed by atoms with Gasteiger partial charge in [-0.05, 0) is 6.42 Å². The predicted molar refractivity (Wildman–Crippen MR) is 109 cm³/mol. The molecule has 3 aromatic rings. The molecule has 1 aliphatic rings. The quantitative estimate of drug-likeness (QED) is 0.667. The number of rotatable bonds is 6. The van der Waals surface area contributed by atoms with E-state index in [0.29, 0.717) is 25.6 Å². The van der Waals surface area contributed by atoms with Crippen LogP contribution in [0.2, 0.25) is 0 Å². The van der Waals surface area contributed by atoms with E-state index in [1.807, 2.05) is 36.4 Å². The van der Waals surface area contributed by atoms with E-state index in [1.54, 1.807) is 7.11 Å². The summed E-state index contributed by atoms with van der Waals surface area (Å²) < 4.78 is 17.5. The van der Waals surface area contributed by atoms with Crippen LogP contribution in [0.5, 0.6) is 0 Å². The van der Waals surface area contributed by atoms with E-state index in [1.165, 1.54) is 0 Å². The molecular weight excluding hydrogens is 352 g/mol. The Balaban J connectivity index is 1.65. The second kappa shape index (κ2) is 8.27. The van der Waals surface area contributed by atoms with E-state index >= 15 is 0 Å². The maximum atomic E-state index is 6.07. The summed E-state index contributed by atoms with van der Waals surface area (Å²) in [5.74, 6) is 0.694. The molecule has 0 amide bonds. The molecule has 4 rings (SSSR count). The minimum atomic E-state index is -0.503. The molecule has 0 atom stereocenters. The number of H-pyrrole nitrogens is 1. The molecule has 0 aliphatic carbocycles. The highest BCUT2D eigenvalue weighted by atomic mass is 16.7. The Labute approximate surface area is 165 Å². The van der Waals surface area contributed by atoms with E-state index in [4.69, 9.17) is 19.2 Å². The molecule has 146 valence electrons. The van der Waals surface area contributed by atoms with Crippen LogP contribution >= 0.6 is 0 Å². The van der Waals surface area contributed by atoms with Crippen molar-refractivity contribution in [2.75, 3.05) is 26.9 Å². The number of imidazole rings is 1. The second-order valence-electron chi connectivity index (χ2n) is 7.32. The first kappa shape index (κ1) is 18.9. The van der Waals surface area contributed by atoms with Gasteiger partial charge in [0.05, 0.1) is 31.2 Å². The minimum Gasteiger partial charge on any atom is -0.384 e. The van der Waals surface area contributed by atoms with Crippen molar-refractivity contribution in [1.82, 2.24) is 9.97 Å². The summed E-state index contributed by atoms with van der Waals surface area (Å²) >= 11 is 0. The van der Waals surface area contributed by atoms with Gasteiger partial charge < -0.3 is 19.2 Å². The number of nitrogens with one attached hydrogen (secondary N) is 1. The topological polar surface area (TPSA) is 56.4 Å². The molecule has 0 bridgehead atoms. The summed E-state index contributed by atoms with van der Waals surface area (Å²) in [6.45, 7) is 3.94. The summed E-state index contributed by atoms with van der Waals surface area (Å²) in [6, 6.07) is 20.4. The van der Waals surface area contributed by atoms with Gasteiger partial charge in [0.1, 0.15) is 0 Å². The van der Waals surface area contributed by atoms with Crippen molar-refractivity contribution in [2.45, 2.75) is 19.6 Å². The number of benzene rings is 2. The fourth-order valence-corrected chi connectivity index (χ4v) is 3.57. The highest BCUT2D eigenvalue weighted by Crippen LogP contribution is 2.37. The Morgan fingerprint density at radius 3 is 2.18 bits per heavy atom. The van der Waals surface area contributed by atoms with Crippen molar-refractivity contribution in [1.29, 1.82) is 0 Å². The average Bonchev–Trinajstić information content (AvgIpc) is 3.21. The van der Waals surface area contributed by atoms with Crippen LogP contribution in [0, 0.1) is 5.41 Å². The number of hydrogen-bond donors (Lipinski definition) is 1. The molecule has 2 aromatic carbocycles.